The molecule has 4 rings (SSSR count). The van der Waals surface area contributed by atoms with Crippen molar-refractivity contribution >= 4 is 28.5 Å². The van der Waals surface area contributed by atoms with Crippen molar-refractivity contribution < 1.29 is 27.1 Å². The van der Waals surface area contributed by atoms with Crippen LogP contribution in [0.15, 0.2) is 51.7 Å². The molecule has 1 saturated carbocycles. The number of rotatable bonds is 3. The molecule has 0 amide bonds. The van der Waals surface area contributed by atoms with Gasteiger partial charge in [0.1, 0.15) is 11.3 Å². The number of hydrogen-bond acceptors (Lipinski definition) is 4. The zero-order valence-electron chi connectivity index (χ0n) is 16.3. The molecule has 4 nitrogen and oxygen atoms in total. The zero-order valence-corrected chi connectivity index (χ0v) is 17.1. The molecule has 162 valence electrons. The predicted octanol–water partition coefficient (Wildman–Crippen LogP) is 6.62. The monoisotopic (exact) mass is 450 g/mol. The standard InChI is InChI=1S/C23H18ClF3O4/c24-15-8-6-13(7-9-15)19-20(28)17-11-10-16(12-18(17)31-21(19)23(25,26)27)30-22(29)14-4-2-1-3-5-14/h6-12,14H,1-5H2. The van der Waals surface area contributed by atoms with Gasteiger partial charge in [-0.1, -0.05) is 43.0 Å². The highest BCUT2D eigenvalue weighted by molar-refractivity contribution is 6.30. The van der Waals surface area contributed by atoms with Crippen LogP contribution in [0.5, 0.6) is 5.75 Å². The third kappa shape index (κ3) is 4.46. The SMILES string of the molecule is O=C(Oc1ccc2c(=O)c(-c3ccc(Cl)cc3)c(C(F)(F)F)oc2c1)C1CCCCC1. The molecule has 1 aromatic heterocycles. The molecule has 1 aliphatic rings. The minimum atomic E-state index is -4.91. The maximum atomic E-state index is 13.7. The van der Waals surface area contributed by atoms with E-state index in [0.29, 0.717) is 5.02 Å². The fourth-order valence-electron chi connectivity index (χ4n) is 3.85. The van der Waals surface area contributed by atoms with Crippen LogP contribution in [0, 0.1) is 5.92 Å². The number of ether oxygens (including phenoxy) is 1. The lowest BCUT2D eigenvalue weighted by Crippen LogP contribution is -2.22. The zero-order chi connectivity index (χ0) is 22.2. The summed E-state index contributed by atoms with van der Waals surface area (Å²) in [5, 5.41) is 0.280. The summed E-state index contributed by atoms with van der Waals surface area (Å²) in [5.41, 5.74) is -1.69. The fourth-order valence-corrected chi connectivity index (χ4v) is 3.98. The van der Waals surface area contributed by atoms with Crippen molar-refractivity contribution in [2.75, 3.05) is 0 Å². The van der Waals surface area contributed by atoms with E-state index < -0.39 is 28.9 Å². The van der Waals surface area contributed by atoms with E-state index >= 15 is 0 Å². The molecule has 0 N–H and O–H groups in total. The fraction of sp³-hybridized carbons (Fsp3) is 0.304. The van der Waals surface area contributed by atoms with Crippen molar-refractivity contribution in [3.8, 4) is 16.9 Å². The third-order valence-corrected chi connectivity index (χ3v) is 5.66. The summed E-state index contributed by atoms with van der Waals surface area (Å²) in [6, 6.07) is 9.30. The molecule has 0 atom stereocenters. The number of carbonyl (C=O) groups is 1. The summed E-state index contributed by atoms with van der Waals surface area (Å²) in [6.07, 6.45) is -0.504. The van der Waals surface area contributed by atoms with Crippen LogP contribution in [-0.4, -0.2) is 5.97 Å². The number of hydrogen-bond donors (Lipinski definition) is 0. The van der Waals surface area contributed by atoms with E-state index in [1.807, 2.05) is 0 Å². The Balaban J connectivity index is 1.78. The van der Waals surface area contributed by atoms with Crippen molar-refractivity contribution in [1.29, 1.82) is 0 Å². The average Bonchev–Trinajstić information content (AvgIpc) is 2.74. The Hall–Kier alpha value is -2.80. The topological polar surface area (TPSA) is 56.5 Å². The first-order valence-electron chi connectivity index (χ1n) is 9.90. The van der Waals surface area contributed by atoms with E-state index in [2.05, 4.69) is 0 Å². The first kappa shape index (κ1) is 21.4. The van der Waals surface area contributed by atoms with Crippen LogP contribution in [0.25, 0.3) is 22.1 Å². The quantitative estimate of drug-likeness (QED) is 0.332. The van der Waals surface area contributed by atoms with Gasteiger partial charge in [-0.2, -0.15) is 13.2 Å². The minimum absolute atomic E-state index is 0.0404. The number of esters is 1. The average molecular weight is 451 g/mol. The van der Waals surface area contributed by atoms with Gasteiger partial charge in [-0.15, -0.1) is 0 Å². The molecule has 0 spiro atoms. The molecule has 0 saturated heterocycles. The molecule has 1 fully saturated rings. The smallest absolute Gasteiger partial charge is 0.450 e. The van der Waals surface area contributed by atoms with Crippen LogP contribution in [0.1, 0.15) is 37.9 Å². The van der Waals surface area contributed by atoms with Gasteiger partial charge in [0.05, 0.1) is 16.9 Å². The summed E-state index contributed by atoms with van der Waals surface area (Å²) in [6.45, 7) is 0. The molecule has 0 aliphatic heterocycles. The molecular formula is C23H18ClF3O4. The van der Waals surface area contributed by atoms with E-state index in [4.69, 9.17) is 20.8 Å². The molecule has 0 unspecified atom stereocenters. The number of benzene rings is 2. The van der Waals surface area contributed by atoms with Gasteiger partial charge in [0.15, 0.2) is 0 Å². The van der Waals surface area contributed by atoms with Crippen LogP contribution >= 0.6 is 11.6 Å². The molecule has 3 aromatic rings. The second-order valence-corrected chi connectivity index (χ2v) is 7.99. The Morgan fingerprint density at radius 2 is 1.71 bits per heavy atom. The van der Waals surface area contributed by atoms with E-state index in [-0.39, 0.29) is 28.2 Å². The highest BCUT2D eigenvalue weighted by Gasteiger charge is 2.39. The second kappa shape index (κ2) is 8.38. The van der Waals surface area contributed by atoms with Crippen LogP contribution in [0.3, 0.4) is 0 Å². The normalized spacial score (nSPS) is 15.2. The van der Waals surface area contributed by atoms with E-state index in [1.54, 1.807) is 0 Å². The van der Waals surface area contributed by atoms with E-state index in [1.165, 1.54) is 36.4 Å². The maximum Gasteiger partial charge on any atom is 0.450 e. The summed E-state index contributed by atoms with van der Waals surface area (Å²) in [7, 11) is 0. The number of carbonyl (C=O) groups excluding carboxylic acids is 1. The van der Waals surface area contributed by atoms with Gasteiger partial charge in [0.2, 0.25) is 11.2 Å². The van der Waals surface area contributed by atoms with Crippen LogP contribution in [0.4, 0.5) is 13.2 Å². The van der Waals surface area contributed by atoms with Crippen molar-refractivity contribution in [1.82, 2.24) is 0 Å². The first-order valence-corrected chi connectivity index (χ1v) is 10.3. The van der Waals surface area contributed by atoms with Crippen molar-refractivity contribution in [3.63, 3.8) is 0 Å². The Kier molecular flexibility index (Phi) is 5.79. The highest BCUT2D eigenvalue weighted by atomic mass is 35.5. The minimum Gasteiger partial charge on any atom is -0.450 e. The molecule has 8 heteroatoms. The predicted molar refractivity (Wildman–Crippen MR) is 110 cm³/mol. The van der Waals surface area contributed by atoms with E-state index in [9.17, 15) is 22.8 Å². The van der Waals surface area contributed by atoms with Gasteiger partial charge in [-0.05, 0) is 42.7 Å². The van der Waals surface area contributed by atoms with Gasteiger partial charge >= 0.3 is 12.1 Å². The summed E-state index contributed by atoms with van der Waals surface area (Å²) in [5.74, 6) is -2.02. The van der Waals surface area contributed by atoms with Gasteiger partial charge in [0.25, 0.3) is 0 Å². The molecule has 1 heterocycles. The summed E-state index contributed by atoms with van der Waals surface area (Å²) >= 11 is 5.81. The van der Waals surface area contributed by atoms with Gasteiger partial charge in [-0.25, -0.2) is 0 Å². The molecule has 31 heavy (non-hydrogen) atoms. The van der Waals surface area contributed by atoms with Crippen molar-refractivity contribution in [2.45, 2.75) is 38.3 Å². The third-order valence-electron chi connectivity index (χ3n) is 5.41. The Morgan fingerprint density at radius 1 is 1.03 bits per heavy atom. The molecule has 2 aromatic carbocycles. The van der Waals surface area contributed by atoms with Crippen molar-refractivity contribution in [3.05, 3.63) is 63.5 Å². The van der Waals surface area contributed by atoms with Gasteiger partial charge in [0, 0.05) is 11.1 Å². The van der Waals surface area contributed by atoms with Crippen LogP contribution < -0.4 is 10.2 Å². The lowest BCUT2D eigenvalue weighted by molar-refractivity contribution is -0.152. The van der Waals surface area contributed by atoms with E-state index in [0.717, 1.165) is 38.2 Å². The maximum absolute atomic E-state index is 13.7. The number of halogens is 4. The van der Waals surface area contributed by atoms with Gasteiger partial charge in [-0.3, -0.25) is 9.59 Å². The molecular weight excluding hydrogens is 433 g/mol. The first-order chi connectivity index (χ1) is 14.7. The molecule has 0 radical (unpaired) electrons. The Labute approximate surface area is 180 Å². The van der Waals surface area contributed by atoms with Crippen molar-refractivity contribution in [2.24, 2.45) is 5.92 Å². The molecule has 0 bridgehead atoms. The second-order valence-electron chi connectivity index (χ2n) is 7.55. The summed E-state index contributed by atoms with van der Waals surface area (Å²) < 4.78 is 51.7. The van der Waals surface area contributed by atoms with Crippen LogP contribution in [0.2, 0.25) is 5.02 Å². The Bertz CT molecular complexity index is 1180. The number of alkyl halides is 3. The van der Waals surface area contributed by atoms with Gasteiger partial charge < -0.3 is 9.15 Å². The molecule has 1 aliphatic carbocycles. The summed E-state index contributed by atoms with van der Waals surface area (Å²) in [4.78, 5) is 25.3. The lowest BCUT2D eigenvalue weighted by atomic mass is 9.89. The lowest BCUT2D eigenvalue weighted by Gasteiger charge is -2.19. The number of fused-ring (bicyclic) bond motifs is 1. The largest absolute Gasteiger partial charge is 0.450 e. The Morgan fingerprint density at radius 3 is 2.35 bits per heavy atom. The van der Waals surface area contributed by atoms with Crippen LogP contribution in [-0.2, 0) is 11.0 Å². The highest BCUT2D eigenvalue weighted by Crippen LogP contribution is 2.38.